The van der Waals surface area contributed by atoms with Gasteiger partial charge in [0.2, 0.25) is 0 Å². The lowest BCUT2D eigenvalue weighted by Crippen LogP contribution is -2.46. The normalized spacial score (nSPS) is 39.7. The molecule has 1 aliphatic heterocycles. The molecule has 0 spiro atoms. The van der Waals surface area contributed by atoms with Crippen LogP contribution >= 0.6 is 0 Å². The molecule has 0 aromatic rings. The summed E-state index contributed by atoms with van der Waals surface area (Å²) in [4.78, 5) is 11.6. The number of carboxylic acids is 1. The van der Waals surface area contributed by atoms with E-state index in [2.05, 4.69) is 12.2 Å². The van der Waals surface area contributed by atoms with Gasteiger partial charge in [0.1, 0.15) is 0 Å². The summed E-state index contributed by atoms with van der Waals surface area (Å²) in [5.74, 6) is 0.100. The number of nitrogens with one attached hydrogen (secondary N) is 1. The summed E-state index contributed by atoms with van der Waals surface area (Å²) in [5, 5.41) is 13.3. The Labute approximate surface area is 115 Å². The number of ether oxygens (including phenoxy) is 1. The van der Waals surface area contributed by atoms with Crippen LogP contribution in [0.1, 0.15) is 46.5 Å². The average molecular weight is 269 g/mol. The lowest BCUT2D eigenvalue weighted by molar-refractivity contribution is -0.151. The highest BCUT2D eigenvalue weighted by Gasteiger charge is 2.48. The Hall–Kier alpha value is -0.610. The van der Waals surface area contributed by atoms with E-state index in [0.29, 0.717) is 18.0 Å². The summed E-state index contributed by atoms with van der Waals surface area (Å²) in [5.41, 5.74) is -0.522. The quantitative estimate of drug-likeness (QED) is 0.822. The molecule has 1 aliphatic carbocycles. The van der Waals surface area contributed by atoms with Gasteiger partial charge < -0.3 is 15.2 Å². The minimum atomic E-state index is -0.619. The molecule has 2 N–H and O–H groups in total. The van der Waals surface area contributed by atoms with Gasteiger partial charge in [0.05, 0.1) is 12.0 Å². The van der Waals surface area contributed by atoms with Crippen molar-refractivity contribution in [3.05, 3.63) is 0 Å². The van der Waals surface area contributed by atoms with Crippen LogP contribution in [0.15, 0.2) is 0 Å². The van der Waals surface area contributed by atoms with Crippen LogP contribution in [-0.4, -0.2) is 36.4 Å². The fourth-order valence-corrected chi connectivity index (χ4v) is 3.61. The molecular weight excluding hydrogens is 242 g/mol. The van der Waals surface area contributed by atoms with Crippen molar-refractivity contribution < 1.29 is 14.6 Å². The molecule has 1 heterocycles. The second-order valence-corrected chi connectivity index (χ2v) is 6.67. The lowest BCUT2D eigenvalue weighted by Gasteiger charge is -2.33. The molecule has 1 unspecified atom stereocenters. The molecule has 0 bridgehead atoms. The fraction of sp³-hybridized carbons (Fsp3) is 0.933. The molecule has 2 aliphatic rings. The number of hydrogen-bond donors (Lipinski definition) is 2. The van der Waals surface area contributed by atoms with E-state index < -0.39 is 11.4 Å². The van der Waals surface area contributed by atoms with E-state index in [0.717, 1.165) is 38.9 Å². The number of carboxylic acid groups (broad SMARTS) is 1. The van der Waals surface area contributed by atoms with Gasteiger partial charge in [0, 0.05) is 18.7 Å². The first-order valence-corrected chi connectivity index (χ1v) is 7.53. The monoisotopic (exact) mass is 269 g/mol. The van der Waals surface area contributed by atoms with E-state index >= 15 is 0 Å². The van der Waals surface area contributed by atoms with Gasteiger partial charge in [-0.25, -0.2) is 0 Å². The summed E-state index contributed by atoms with van der Waals surface area (Å²) in [6.45, 7) is 7.92. The predicted molar refractivity (Wildman–Crippen MR) is 74.1 cm³/mol. The summed E-state index contributed by atoms with van der Waals surface area (Å²) < 4.78 is 5.46. The zero-order valence-electron chi connectivity index (χ0n) is 12.3. The SMILES string of the molecule is CC1COCC[C@H]1N[C@@H]1CC[C@@](C(=O)O)(C(C)C)C1. The highest BCUT2D eigenvalue weighted by molar-refractivity contribution is 5.75. The minimum absolute atomic E-state index is 0.198. The van der Waals surface area contributed by atoms with Crippen molar-refractivity contribution in [2.24, 2.45) is 17.3 Å². The van der Waals surface area contributed by atoms with E-state index in [4.69, 9.17) is 4.74 Å². The van der Waals surface area contributed by atoms with Crippen LogP contribution in [0.3, 0.4) is 0 Å². The smallest absolute Gasteiger partial charge is 0.309 e. The largest absolute Gasteiger partial charge is 0.481 e. The van der Waals surface area contributed by atoms with Crippen molar-refractivity contribution in [1.82, 2.24) is 5.32 Å². The number of hydrogen-bond acceptors (Lipinski definition) is 3. The van der Waals surface area contributed by atoms with E-state index in [1.54, 1.807) is 0 Å². The van der Waals surface area contributed by atoms with Crippen molar-refractivity contribution in [1.29, 1.82) is 0 Å². The van der Waals surface area contributed by atoms with Gasteiger partial charge >= 0.3 is 5.97 Å². The van der Waals surface area contributed by atoms with E-state index in [9.17, 15) is 9.90 Å². The maximum atomic E-state index is 11.6. The van der Waals surface area contributed by atoms with Crippen LogP contribution in [0.25, 0.3) is 0 Å². The molecule has 4 atom stereocenters. The topological polar surface area (TPSA) is 58.6 Å². The second-order valence-electron chi connectivity index (χ2n) is 6.67. The average Bonchev–Trinajstić information content (AvgIpc) is 2.77. The van der Waals surface area contributed by atoms with Gasteiger partial charge in [0.15, 0.2) is 0 Å². The third-order valence-electron chi connectivity index (χ3n) is 5.17. The predicted octanol–water partition coefficient (Wildman–Crippen LogP) is 2.28. The molecule has 1 saturated heterocycles. The van der Waals surface area contributed by atoms with Crippen LogP contribution in [0.5, 0.6) is 0 Å². The third-order valence-corrected chi connectivity index (χ3v) is 5.17. The van der Waals surface area contributed by atoms with Crippen molar-refractivity contribution in [2.45, 2.75) is 58.5 Å². The molecule has 0 aromatic carbocycles. The molecule has 1 saturated carbocycles. The van der Waals surface area contributed by atoms with Gasteiger partial charge in [0.25, 0.3) is 0 Å². The Balaban J connectivity index is 1.95. The number of aliphatic carboxylic acids is 1. The van der Waals surface area contributed by atoms with E-state index in [1.165, 1.54) is 0 Å². The van der Waals surface area contributed by atoms with Crippen LogP contribution < -0.4 is 5.32 Å². The minimum Gasteiger partial charge on any atom is -0.481 e. The molecule has 0 aromatic heterocycles. The lowest BCUT2D eigenvalue weighted by atomic mass is 9.75. The summed E-state index contributed by atoms with van der Waals surface area (Å²) >= 11 is 0. The van der Waals surface area contributed by atoms with Crippen molar-refractivity contribution in [3.8, 4) is 0 Å². The third kappa shape index (κ3) is 2.95. The molecule has 19 heavy (non-hydrogen) atoms. The standard InChI is InChI=1S/C15H27NO3/c1-10(2)15(14(17)18)6-4-12(8-15)16-13-5-7-19-9-11(13)3/h10-13,16H,4-9H2,1-3H3,(H,17,18)/t11?,12-,13-,15+/m1/s1. The van der Waals surface area contributed by atoms with E-state index in [-0.39, 0.29) is 5.92 Å². The van der Waals surface area contributed by atoms with E-state index in [1.807, 2.05) is 13.8 Å². The number of rotatable bonds is 4. The molecule has 2 fully saturated rings. The van der Waals surface area contributed by atoms with Crippen molar-refractivity contribution in [2.75, 3.05) is 13.2 Å². The Bertz CT molecular complexity index is 331. The van der Waals surface area contributed by atoms with Gasteiger partial charge in [-0.1, -0.05) is 20.8 Å². The fourth-order valence-electron chi connectivity index (χ4n) is 3.61. The zero-order chi connectivity index (χ0) is 14.0. The Morgan fingerprint density at radius 2 is 2.16 bits per heavy atom. The zero-order valence-corrected chi connectivity index (χ0v) is 12.3. The van der Waals surface area contributed by atoms with Crippen molar-refractivity contribution in [3.63, 3.8) is 0 Å². The van der Waals surface area contributed by atoms with Crippen LogP contribution in [0.2, 0.25) is 0 Å². The molecule has 2 rings (SSSR count). The maximum absolute atomic E-state index is 11.6. The Morgan fingerprint density at radius 3 is 2.68 bits per heavy atom. The molecule has 4 nitrogen and oxygen atoms in total. The maximum Gasteiger partial charge on any atom is 0.309 e. The van der Waals surface area contributed by atoms with Gasteiger partial charge in [-0.15, -0.1) is 0 Å². The molecular formula is C15H27NO3. The highest BCUT2D eigenvalue weighted by Crippen LogP contribution is 2.44. The summed E-state index contributed by atoms with van der Waals surface area (Å²) in [6.07, 6.45) is 3.59. The van der Waals surface area contributed by atoms with Crippen molar-refractivity contribution >= 4 is 5.97 Å². The van der Waals surface area contributed by atoms with Gasteiger partial charge in [-0.05, 0) is 37.5 Å². The van der Waals surface area contributed by atoms with Gasteiger partial charge in [-0.2, -0.15) is 0 Å². The first kappa shape index (κ1) is 14.8. The van der Waals surface area contributed by atoms with Crippen LogP contribution in [-0.2, 0) is 9.53 Å². The molecule has 0 amide bonds. The summed E-state index contributed by atoms with van der Waals surface area (Å²) in [6, 6.07) is 0.833. The first-order valence-electron chi connectivity index (χ1n) is 7.53. The van der Waals surface area contributed by atoms with Gasteiger partial charge in [-0.3, -0.25) is 4.79 Å². The number of carbonyl (C=O) groups is 1. The Kier molecular flexibility index (Phi) is 4.51. The van der Waals surface area contributed by atoms with Crippen LogP contribution in [0.4, 0.5) is 0 Å². The molecule has 0 radical (unpaired) electrons. The molecule has 110 valence electrons. The highest BCUT2D eigenvalue weighted by atomic mass is 16.5. The summed E-state index contributed by atoms with van der Waals surface area (Å²) in [7, 11) is 0. The Morgan fingerprint density at radius 1 is 1.42 bits per heavy atom. The van der Waals surface area contributed by atoms with Crippen LogP contribution in [0, 0.1) is 17.3 Å². The second kappa shape index (κ2) is 5.80. The molecule has 4 heteroatoms. The first-order chi connectivity index (χ1) is 8.95.